The van der Waals surface area contributed by atoms with Crippen LogP contribution in [0.25, 0.3) is 0 Å². The van der Waals surface area contributed by atoms with Crippen LogP contribution in [0.3, 0.4) is 0 Å². The van der Waals surface area contributed by atoms with Crippen LogP contribution in [-0.4, -0.2) is 43.0 Å². The summed E-state index contributed by atoms with van der Waals surface area (Å²) in [5.41, 5.74) is 1.87. The largest absolute Gasteiger partial charge is 0.383 e. The van der Waals surface area contributed by atoms with E-state index in [0.29, 0.717) is 19.6 Å². The van der Waals surface area contributed by atoms with Gasteiger partial charge in [0.15, 0.2) is 5.96 Å². The first-order valence-corrected chi connectivity index (χ1v) is 8.14. The normalized spacial score (nSPS) is 10.7. The highest BCUT2D eigenvalue weighted by Gasteiger charge is 2.07. The number of benzene rings is 2. The maximum absolute atomic E-state index is 13.0. The fraction of sp³-hybridized carbons (Fsp3) is 0.278. The molecule has 0 spiro atoms. The topological polar surface area (TPSA) is 82.8 Å². The molecular weight excluding hydrogens is 464 g/mol. The molecule has 27 heavy (non-hydrogen) atoms. The molecule has 0 heterocycles. The monoisotopic (exact) mass is 487 g/mol. The minimum Gasteiger partial charge on any atom is -0.383 e. The molecule has 146 valence electrons. The summed E-state index contributed by atoms with van der Waals surface area (Å²) in [6, 6.07) is 12.6. The van der Waals surface area contributed by atoms with Gasteiger partial charge in [0, 0.05) is 51.5 Å². The van der Waals surface area contributed by atoms with Gasteiger partial charge < -0.3 is 15.5 Å². The molecule has 0 atom stereocenters. The molecule has 0 aliphatic heterocycles. The zero-order chi connectivity index (χ0) is 18.9. The summed E-state index contributed by atoms with van der Waals surface area (Å²) in [6.45, 7) is 1.86. The molecule has 0 aliphatic rings. The van der Waals surface area contributed by atoms with Gasteiger partial charge in [-0.3, -0.25) is 15.1 Å². The number of halogens is 2. The molecule has 0 aromatic heterocycles. The SMILES string of the molecule is CN=C(NCCNc1ccc([N+](=O)[O-])cc1)N(C)Cc1ccc(F)cc1.I. The van der Waals surface area contributed by atoms with E-state index in [-0.39, 0.29) is 35.5 Å². The summed E-state index contributed by atoms with van der Waals surface area (Å²) in [7, 11) is 3.61. The Balaban J connectivity index is 0.00000364. The summed E-state index contributed by atoms with van der Waals surface area (Å²) in [5.74, 6) is 0.469. The van der Waals surface area contributed by atoms with Crippen LogP contribution in [0.15, 0.2) is 53.5 Å². The number of nitro groups is 1. The molecule has 2 N–H and O–H groups in total. The molecule has 0 saturated heterocycles. The molecule has 0 fully saturated rings. The van der Waals surface area contributed by atoms with Gasteiger partial charge in [0.2, 0.25) is 0 Å². The van der Waals surface area contributed by atoms with Gasteiger partial charge in [-0.25, -0.2) is 4.39 Å². The second kappa shape index (κ2) is 11.3. The number of aliphatic imine (C=N–C) groups is 1. The van der Waals surface area contributed by atoms with Crippen LogP contribution in [-0.2, 0) is 6.54 Å². The minimum absolute atomic E-state index is 0. The van der Waals surface area contributed by atoms with Gasteiger partial charge in [-0.1, -0.05) is 12.1 Å². The van der Waals surface area contributed by atoms with E-state index in [4.69, 9.17) is 0 Å². The minimum atomic E-state index is -0.424. The molecule has 0 bridgehead atoms. The number of nitrogens with one attached hydrogen (secondary N) is 2. The number of non-ortho nitro benzene ring substituents is 1. The number of nitrogens with zero attached hydrogens (tertiary/aromatic N) is 3. The van der Waals surface area contributed by atoms with Crippen molar-refractivity contribution in [2.24, 2.45) is 4.99 Å². The van der Waals surface area contributed by atoms with E-state index in [1.54, 1.807) is 31.3 Å². The maximum Gasteiger partial charge on any atom is 0.269 e. The van der Waals surface area contributed by atoms with Gasteiger partial charge in [0.1, 0.15) is 5.82 Å². The number of anilines is 1. The molecule has 2 rings (SSSR count). The van der Waals surface area contributed by atoms with Crippen LogP contribution in [0.2, 0.25) is 0 Å². The number of hydrogen-bond acceptors (Lipinski definition) is 4. The van der Waals surface area contributed by atoms with Crippen LogP contribution in [0.1, 0.15) is 5.56 Å². The number of guanidine groups is 1. The fourth-order valence-electron chi connectivity index (χ4n) is 2.41. The van der Waals surface area contributed by atoms with Crippen molar-refractivity contribution in [3.05, 3.63) is 70.0 Å². The van der Waals surface area contributed by atoms with Crippen molar-refractivity contribution in [2.75, 3.05) is 32.5 Å². The Morgan fingerprint density at radius 2 is 1.78 bits per heavy atom. The molecule has 2 aromatic carbocycles. The standard InChI is InChI=1S/C18H22FN5O2.HI/c1-20-18(23(2)13-14-3-5-15(19)6-4-14)22-12-11-21-16-7-9-17(10-8-16)24(25)26;/h3-10,21H,11-13H2,1-2H3,(H,20,22);1H. The van der Waals surface area contributed by atoms with Crippen molar-refractivity contribution in [3.63, 3.8) is 0 Å². The Labute approximate surface area is 174 Å². The molecular formula is C18H23FIN5O2. The second-order valence-corrected chi connectivity index (χ2v) is 5.69. The van der Waals surface area contributed by atoms with Gasteiger partial charge in [0.05, 0.1) is 4.92 Å². The average molecular weight is 487 g/mol. The lowest BCUT2D eigenvalue weighted by Gasteiger charge is -2.22. The number of rotatable bonds is 7. The van der Waals surface area contributed by atoms with Crippen LogP contribution in [0, 0.1) is 15.9 Å². The van der Waals surface area contributed by atoms with Gasteiger partial charge in [0.25, 0.3) is 5.69 Å². The first-order chi connectivity index (χ1) is 12.5. The predicted octanol–water partition coefficient (Wildman–Crippen LogP) is 3.47. The Kier molecular flexibility index (Phi) is 9.48. The van der Waals surface area contributed by atoms with Crippen molar-refractivity contribution < 1.29 is 9.31 Å². The van der Waals surface area contributed by atoms with Crippen LogP contribution in [0.5, 0.6) is 0 Å². The van der Waals surface area contributed by atoms with Crippen LogP contribution < -0.4 is 10.6 Å². The summed E-state index contributed by atoms with van der Waals surface area (Å²) in [4.78, 5) is 16.4. The molecule has 9 heteroatoms. The Morgan fingerprint density at radius 3 is 2.33 bits per heavy atom. The Bertz CT molecular complexity index is 753. The summed E-state index contributed by atoms with van der Waals surface area (Å²) < 4.78 is 13.0. The first-order valence-electron chi connectivity index (χ1n) is 8.14. The second-order valence-electron chi connectivity index (χ2n) is 5.69. The van der Waals surface area contributed by atoms with Crippen molar-refractivity contribution in [2.45, 2.75) is 6.54 Å². The van der Waals surface area contributed by atoms with Gasteiger partial charge in [-0.05, 0) is 29.8 Å². The highest BCUT2D eigenvalue weighted by molar-refractivity contribution is 14.0. The molecule has 7 nitrogen and oxygen atoms in total. The van der Waals surface area contributed by atoms with Gasteiger partial charge >= 0.3 is 0 Å². The lowest BCUT2D eigenvalue weighted by atomic mass is 10.2. The lowest BCUT2D eigenvalue weighted by molar-refractivity contribution is -0.384. The first kappa shape index (κ1) is 22.6. The maximum atomic E-state index is 13.0. The Morgan fingerprint density at radius 1 is 1.15 bits per heavy atom. The van der Waals surface area contributed by atoms with Crippen molar-refractivity contribution in [1.29, 1.82) is 0 Å². The quantitative estimate of drug-likeness (QED) is 0.156. The zero-order valence-electron chi connectivity index (χ0n) is 15.2. The van der Waals surface area contributed by atoms with E-state index in [2.05, 4.69) is 15.6 Å². The molecule has 2 aromatic rings. The van der Waals surface area contributed by atoms with Crippen molar-refractivity contribution in [1.82, 2.24) is 10.2 Å². The number of hydrogen-bond donors (Lipinski definition) is 2. The van der Waals surface area contributed by atoms with E-state index in [1.807, 2.05) is 11.9 Å². The molecule has 0 unspecified atom stereocenters. The van der Waals surface area contributed by atoms with Crippen molar-refractivity contribution >= 4 is 41.3 Å². The van der Waals surface area contributed by atoms with E-state index in [1.165, 1.54) is 24.3 Å². The fourth-order valence-corrected chi connectivity index (χ4v) is 2.41. The van der Waals surface area contributed by atoms with E-state index in [0.717, 1.165) is 17.2 Å². The van der Waals surface area contributed by atoms with E-state index >= 15 is 0 Å². The third kappa shape index (κ3) is 7.37. The highest BCUT2D eigenvalue weighted by atomic mass is 127. The molecule has 0 radical (unpaired) electrons. The average Bonchev–Trinajstić information content (AvgIpc) is 2.64. The van der Waals surface area contributed by atoms with E-state index < -0.39 is 4.92 Å². The van der Waals surface area contributed by atoms with Gasteiger partial charge in [-0.2, -0.15) is 0 Å². The lowest BCUT2D eigenvalue weighted by Crippen LogP contribution is -2.40. The zero-order valence-corrected chi connectivity index (χ0v) is 17.5. The molecule has 0 saturated carbocycles. The predicted molar refractivity (Wildman–Crippen MR) is 116 cm³/mol. The highest BCUT2D eigenvalue weighted by Crippen LogP contribution is 2.14. The van der Waals surface area contributed by atoms with E-state index in [9.17, 15) is 14.5 Å². The van der Waals surface area contributed by atoms with Crippen LogP contribution >= 0.6 is 24.0 Å². The summed E-state index contributed by atoms with van der Waals surface area (Å²) in [6.07, 6.45) is 0. The van der Waals surface area contributed by atoms with Gasteiger partial charge in [-0.15, -0.1) is 24.0 Å². The Hall–Kier alpha value is -2.43. The smallest absolute Gasteiger partial charge is 0.269 e. The third-order valence-corrected chi connectivity index (χ3v) is 3.72. The van der Waals surface area contributed by atoms with Crippen molar-refractivity contribution in [3.8, 4) is 0 Å². The van der Waals surface area contributed by atoms with Crippen LogP contribution in [0.4, 0.5) is 15.8 Å². The summed E-state index contributed by atoms with van der Waals surface area (Å²) in [5, 5.41) is 17.0. The third-order valence-electron chi connectivity index (χ3n) is 3.72. The molecule has 0 aliphatic carbocycles. The summed E-state index contributed by atoms with van der Waals surface area (Å²) >= 11 is 0. The molecule has 0 amide bonds. The number of nitro benzene ring substituents is 1.